The summed E-state index contributed by atoms with van der Waals surface area (Å²) in [5.41, 5.74) is 6.33. The van der Waals surface area contributed by atoms with Crippen molar-refractivity contribution >= 4 is 17.7 Å². The van der Waals surface area contributed by atoms with Gasteiger partial charge in [-0.3, -0.25) is 0 Å². The molecule has 0 atom stereocenters. The van der Waals surface area contributed by atoms with Gasteiger partial charge in [-0.15, -0.1) is 0 Å². The minimum Gasteiger partial charge on any atom is -0.383 e. The Morgan fingerprint density at radius 2 is 2.20 bits per heavy atom. The lowest BCUT2D eigenvalue weighted by Gasteiger charge is -1.96. The first-order valence-electron chi connectivity index (χ1n) is 2.86. The Bertz CT molecular complexity index is 292. The van der Waals surface area contributed by atoms with E-state index >= 15 is 0 Å². The molecule has 1 aliphatic rings. The molecule has 0 spiro atoms. The summed E-state index contributed by atoms with van der Waals surface area (Å²) in [6, 6.07) is 0. The van der Waals surface area contributed by atoms with Crippen molar-refractivity contribution < 1.29 is 0 Å². The van der Waals surface area contributed by atoms with Crippen LogP contribution in [0.3, 0.4) is 0 Å². The highest BCUT2D eigenvalue weighted by atomic mass is 15.0. The topological polar surface area (TPSA) is 65.9 Å². The van der Waals surface area contributed by atoms with E-state index in [2.05, 4.69) is 15.3 Å². The normalized spacial score (nSPS) is 12.8. The van der Waals surface area contributed by atoms with Crippen LogP contribution >= 0.6 is 0 Å². The molecule has 2 N–H and O–H groups in total. The summed E-state index contributed by atoms with van der Waals surface area (Å²) >= 11 is 0. The molecule has 0 aliphatic carbocycles. The number of fused-ring (bicyclic) bond motifs is 1. The maximum atomic E-state index is 5.51. The molecule has 2 heterocycles. The Balaban J connectivity index is 2.67. The van der Waals surface area contributed by atoms with Crippen molar-refractivity contribution in [1.82, 2.24) is 15.3 Å². The number of nitrogens with zero attached hydrogens (tertiary/aromatic N) is 3. The second-order valence-corrected chi connectivity index (χ2v) is 1.94. The van der Waals surface area contributed by atoms with Crippen LogP contribution < -0.4 is 11.1 Å². The van der Waals surface area contributed by atoms with Gasteiger partial charge in [0.15, 0.2) is 5.82 Å². The van der Waals surface area contributed by atoms with E-state index in [1.807, 2.05) is 0 Å². The molecular formula is C6H5N4. The van der Waals surface area contributed by atoms with Gasteiger partial charge in [-0.1, -0.05) is 0 Å². The molecule has 2 rings (SSSR count). The van der Waals surface area contributed by atoms with Crippen molar-refractivity contribution in [2.24, 2.45) is 0 Å². The van der Waals surface area contributed by atoms with Crippen molar-refractivity contribution in [3.63, 3.8) is 0 Å². The fraction of sp³-hybridized carbons (Fsp3) is 0. The third-order valence-electron chi connectivity index (χ3n) is 1.33. The molecule has 4 heteroatoms. The fourth-order valence-electron chi connectivity index (χ4n) is 0.845. The molecule has 0 amide bonds. The second-order valence-electron chi connectivity index (χ2n) is 1.94. The van der Waals surface area contributed by atoms with Crippen molar-refractivity contribution in [3.05, 3.63) is 18.1 Å². The van der Waals surface area contributed by atoms with Crippen LogP contribution in [0.4, 0.5) is 11.6 Å². The van der Waals surface area contributed by atoms with Crippen molar-refractivity contribution in [2.45, 2.75) is 0 Å². The van der Waals surface area contributed by atoms with Crippen molar-refractivity contribution in [2.75, 3.05) is 5.73 Å². The minimum atomic E-state index is 0.488. The van der Waals surface area contributed by atoms with Crippen molar-refractivity contribution in [3.8, 4) is 0 Å². The zero-order chi connectivity index (χ0) is 6.97. The lowest BCUT2D eigenvalue weighted by Crippen LogP contribution is -1.96. The van der Waals surface area contributed by atoms with E-state index < -0.39 is 0 Å². The molecule has 1 aromatic rings. The highest BCUT2D eigenvalue weighted by Crippen LogP contribution is 2.23. The smallest absolute Gasteiger partial charge is 0.164 e. The Hall–Kier alpha value is -1.58. The molecule has 0 unspecified atom stereocenters. The predicted octanol–water partition coefficient (Wildman–Crippen LogP) is 0.279. The van der Waals surface area contributed by atoms with Crippen LogP contribution in [0.1, 0.15) is 5.56 Å². The number of anilines is 1. The average Bonchev–Trinajstić information content (AvgIpc) is 2.36. The van der Waals surface area contributed by atoms with Gasteiger partial charge in [-0.25, -0.2) is 15.3 Å². The molecule has 49 valence electrons. The zero-order valence-electron chi connectivity index (χ0n) is 5.15. The van der Waals surface area contributed by atoms with Crippen LogP contribution in [0, 0.1) is 0 Å². The average molecular weight is 133 g/mol. The lowest BCUT2D eigenvalue weighted by molar-refractivity contribution is 1.07. The van der Waals surface area contributed by atoms with Crippen molar-refractivity contribution in [1.29, 1.82) is 0 Å². The van der Waals surface area contributed by atoms with Crippen LogP contribution in [0.5, 0.6) is 0 Å². The molecule has 0 saturated heterocycles. The van der Waals surface area contributed by atoms with Crippen LogP contribution in [-0.2, 0) is 0 Å². The first-order valence-corrected chi connectivity index (χ1v) is 2.86. The molecule has 1 aromatic heterocycles. The number of hydrogen-bond acceptors (Lipinski definition) is 3. The van der Waals surface area contributed by atoms with Gasteiger partial charge in [-0.05, 0) is 6.08 Å². The number of nitrogens with two attached hydrogens (primary N) is 1. The maximum absolute atomic E-state index is 5.51. The number of aromatic nitrogens is 2. The molecule has 1 aliphatic heterocycles. The van der Waals surface area contributed by atoms with Gasteiger partial charge in [-0.2, -0.15) is 0 Å². The predicted molar refractivity (Wildman–Crippen MR) is 37.3 cm³/mol. The van der Waals surface area contributed by atoms with Gasteiger partial charge in [0, 0.05) is 6.20 Å². The Morgan fingerprint density at radius 1 is 1.30 bits per heavy atom. The van der Waals surface area contributed by atoms with Gasteiger partial charge in [0.25, 0.3) is 0 Å². The van der Waals surface area contributed by atoms with Crippen LogP contribution in [0.15, 0.2) is 12.5 Å². The van der Waals surface area contributed by atoms with E-state index in [1.165, 1.54) is 6.33 Å². The maximum Gasteiger partial charge on any atom is 0.164 e. The number of rotatable bonds is 0. The first-order chi connectivity index (χ1) is 4.88. The first kappa shape index (κ1) is 5.22. The van der Waals surface area contributed by atoms with E-state index in [4.69, 9.17) is 5.73 Å². The molecule has 1 radical (unpaired) electrons. The van der Waals surface area contributed by atoms with Gasteiger partial charge < -0.3 is 5.73 Å². The summed E-state index contributed by atoms with van der Waals surface area (Å²) in [4.78, 5) is 7.71. The fourth-order valence-corrected chi connectivity index (χ4v) is 0.845. The highest BCUT2D eigenvalue weighted by Gasteiger charge is 2.09. The lowest BCUT2D eigenvalue weighted by atomic mass is 10.3. The minimum absolute atomic E-state index is 0.488. The monoisotopic (exact) mass is 133 g/mol. The summed E-state index contributed by atoms with van der Waals surface area (Å²) in [6.07, 6.45) is 4.87. The van der Waals surface area contributed by atoms with E-state index in [0.29, 0.717) is 11.6 Å². The SMILES string of the molecule is Nc1ncnc2c1C=C[N]2. The van der Waals surface area contributed by atoms with Gasteiger partial charge >= 0.3 is 0 Å². The molecule has 10 heavy (non-hydrogen) atoms. The number of hydrogen-bond donors (Lipinski definition) is 1. The van der Waals surface area contributed by atoms with Crippen LogP contribution in [0.2, 0.25) is 0 Å². The molecule has 0 saturated carbocycles. The van der Waals surface area contributed by atoms with E-state index in [1.54, 1.807) is 12.3 Å². The summed E-state index contributed by atoms with van der Waals surface area (Å²) in [6.45, 7) is 0. The third-order valence-corrected chi connectivity index (χ3v) is 1.33. The molecule has 0 aromatic carbocycles. The Labute approximate surface area is 57.8 Å². The Kier molecular flexibility index (Phi) is 0.887. The zero-order valence-corrected chi connectivity index (χ0v) is 5.15. The van der Waals surface area contributed by atoms with E-state index in [-0.39, 0.29) is 0 Å². The second kappa shape index (κ2) is 1.70. The van der Waals surface area contributed by atoms with Gasteiger partial charge in [0.1, 0.15) is 12.1 Å². The van der Waals surface area contributed by atoms with Gasteiger partial charge in [0.05, 0.1) is 5.56 Å². The third kappa shape index (κ3) is 0.556. The standard InChI is InChI=1S/C6H5N4/c7-5-4-1-2-8-6(4)10-3-9-5/h1-3H,(H2,7,9,10). The van der Waals surface area contributed by atoms with Crippen LogP contribution in [0.25, 0.3) is 6.08 Å². The van der Waals surface area contributed by atoms with Gasteiger partial charge in [0.2, 0.25) is 0 Å². The molecule has 0 bridgehead atoms. The van der Waals surface area contributed by atoms with Crippen LogP contribution in [-0.4, -0.2) is 9.97 Å². The summed E-state index contributed by atoms with van der Waals surface area (Å²) < 4.78 is 0. The number of nitrogen functional groups attached to an aromatic ring is 1. The Morgan fingerprint density at radius 3 is 3.00 bits per heavy atom. The molecular weight excluding hydrogens is 128 g/mol. The molecule has 4 nitrogen and oxygen atoms in total. The largest absolute Gasteiger partial charge is 0.383 e. The summed E-state index contributed by atoms with van der Waals surface area (Å²) in [5.74, 6) is 1.15. The van der Waals surface area contributed by atoms with E-state index in [0.717, 1.165) is 5.56 Å². The summed E-state index contributed by atoms with van der Waals surface area (Å²) in [5, 5.41) is 3.95. The summed E-state index contributed by atoms with van der Waals surface area (Å²) in [7, 11) is 0. The molecule has 0 fully saturated rings. The highest BCUT2D eigenvalue weighted by molar-refractivity contribution is 5.73. The van der Waals surface area contributed by atoms with E-state index in [9.17, 15) is 0 Å². The quantitative estimate of drug-likeness (QED) is 0.552.